The first-order valence-corrected chi connectivity index (χ1v) is 4.36. The number of nitrogens with zero attached hydrogens (tertiary/aromatic N) is 6. The summed E-state index contributed by atoms with van der Waals surface area (Å²) < 4.78 is 0. The summed E-state index contributed by atoms with van der Waals surface area (Å²) in [6, 6.07) is 2.10. The molecule has 0 amide bonds. The first-order valence-electron chi connectivity index (χ1n) is 4.36. The van der Waals surface area contributed by atoms with Gasteiger partial charge in [0.25, 0.3) is 0 Å². The maximum atomic E-state index is 8.94. The molecular formula is C9H6N6. The average molecular weight is 198 g/mol. The average Bonchev–Trinajstić information content (AvgIpc) is 2.60. The number of guanidine groups is 1. The van der Waals surface area contributed by atoms with Crippen molar-refractivity contribution >= 4 is 18.1 Å². The topological polar surface area (TPSA) is 67.3 Å². The van der Waals surface area contributed by atoms with Gasteiger partial charge in [-0.05, 0) is 12.2 Å². The van der Waals surface area contributed by atoms with E-state index in [-0.39, 0.29) is 0 Å². The lowest BCUT2D eigenvalue weighted by Gasteiger charge is -2.24. The predicted molar refractivity (Wildman–Crippen MR) is 54.7 cm³/mol. The Morgan fingerprint density at radius 3 is 3.07 bits per heavy atom. The minimum absolute atomic E-state index is 0.521. The molecule has 0 radical (unpaired) electrons. The monoisotopic (exact) mass is 198 g/mol. The van der Waals surface area contributed by atoms with E-state index in [2.05, 4.69) is 21.2 Å². The molecule has 0 aliphatic carbocycles. The minimum atomic E-state index is 0.521. The lowest BCUT2D eigenvalue weighted by Crippen LogP contribution is -2.38. The van der Waals surface area contributed by atoms with Crippen LogP contribution in [0.4, 0.5) is 0 Å². The molecule has 0 aromatic heterocycles. The summed E-state index contributed by atoms with van der Waals surface area (Å²) >= 11 is 0. The first-order chi connectivity index (χ1) is 7.31. The largest absolute Gasteiger partial charge is 0.244 e. The Bertz CT molecular complexity index is 527. The van der Waals surface area contributed by atoms with Crippen LogP contribution in [0.25, 0.3) is 0 Å². The highest BCUT2D eigenvalue weighted by atomic mass is 15.6. The van der Waals surface area contributed by atoms with Crippen molar-refractivity contribution in [3.05, 3.63) is 23.5 Å². The van der Waals surface area contributed by atoms with Crippen LogP contribution in [0.2, 0.25) is 0 Å². The van der Waals surface area contributed by atoms with Gasteiger partial charge in [-0.2, -0.15) is 10.4 Å². The second kappa shape index (κ2) is 2.54. The summed E-state index contributed by atoms with van der Waals surface area (Å²) in [6.45, 7) is 0. The molecule has 6 nitrogen and oxygen atoms in total. The normalized spacial score (nSPS) is 21.3. The van der Waals surface area contributed by atoms with Gasteiger partial charge >= 0.3 is 0 Å². The lowest BCUT2D eigenvalue weighted by molar-refractivity contribution is 0.528. The standard InChI is InChI=1S/C9H6N6/c1-14-9-12-5-11-7-3-2-6(4-10)8(13-14)15(7)9/h2-3,5H,1H3. The van der Waals surface area contributed by atoms with Crippen LogP contribution < -0.4 is 0 Å². The number of nitriles is 1. The molecule has 0 aromatic rings. The van der Waals surface area contributed by atoms with Crippen LogP contribution in [0.5, 0.6) is 0 Å². The maximum absolute atomic E-state index is 8.94. The fourth-order valence-corrected chi connectivity index (χ4v) is 1.63. The quantitative estimate of drug-likeness (QED) is 0.560. The van der Waals surface area contributed by atoms with Crippen molar-refractivity contribution in [1.29, 1.82) is 5.26 Å². The highest BCUT2D eigenvalue weighted by molar-refractivity contribution is 6.17. The molecule has 72 valence electrons. The predicted octanol–water partition coefficient (Wildman–Crippen LogP) is 0.250. The van der Waals surface area contributed by atoms with E-state index in [1.165, 1.54) is 6.34 Å². The molecule has 3 aliphatic heterocycles. The molecular weight excluding hydrogens is 192 g/mol. The molecule has 0 saturated heterocycles. The van der Waals surface area contributed by atoms with E-state index in [0.29, 0.717) is 17.4 Å². The van der Waals surface area contributed by atoms with Gasteiger partial charge in [0.1, 0.15) is 18.2 Å². The number of allylic oxidation sites excluding steroid dienone is 2. The number of hydrazone groups is 1. The van der Waals surface area contributed by atoms with Gasteiger partial charge in [-0.3, -0.25) is 0 Å². The fraction of sp³-hybridized carbons (Fsp3) is 0.111. The summed E-state index contributed by atoms with van der Waals surface area (Å²) in [5.41, 5.74) is 0.521. The van der Waals surface area contributed by atoms with E-state index in [1.807, 2.05) is 0 Å². The second-order valence-electron chi connectivity index (χ2n) is 3.17. The Morgan fingerprint density at radius 1 is 1.40 bits per heavy atom. The van der Waals surface area contributed by atoms with Crippen molar-refractivity contribution in [3.63, 3.8) is 0 Å². The molecule has 0 aromatic carbocycles. The Labute approximate surface area is 85.8 Å². The summed E-state index contributed by atoms with van der Waals surface area (Å²) in [4.78, 5) is 9.98. The van der Waals surface area contributed by atoms with Crippen molar-refractivity contribution < 1.29 is 0 Å². The number of aliphatic imine (C=N–C) groups is 2. The van der Waals surface area contributed by atoms with Crippen LogP contribution >= 0.6 is 0 Å². The van der Waals surface area contributed by atoms with Crippen LogP contribution in [-0.4, -0.2) is 35.1 Å². The summed E-state index contributed by atoms with van der Waals surface area (Å²) in [7, 11) is 1.79. The Kier molecular flexibility index (Phi) is 1.35. The van der Waals surface area contributed by atoms with Crippen LogP contribution in [0.15, 0.2) is 38.6 Å². The third-order valence-electron chi connectivity index (χ3n) is 2.30. The van der Waals surface area contributed by atoms with Crippen molar-refractivity contribution in [2.75, 3.05) is 7.05 Å². The zero-order chi connectivity index (χ0) is 10.4. The highest BCUT2D eigenvalue weighted by Gasteiger charge is 2.36. The molecule has 3 rings (SSSR count). The van der Waals surface area contributed by atoms with Gasteiger partial charge < -0.3 is 0 Å². The third-order valence-corrected chi connectivity index (χ3v) is 2.30. The van der Waals surface area contributed by atoms with Gasteiger partial charge in [0, 0.05) is 7.05 Å². The number of hydrogen-bond acceptors (Lipinski definition) is 6. The van der Waals surface area contributed by atoms with Gasteiger partial charge in [0.15, 0.2) is 5.84 Å². The minimum Gasteiger partial charge on any atom is -0.244 e. The molecule has 0 saturated carbocycles. The Balaban J connectivity index is 2.23. The third kappa shape index (κ3) is 0.889. The molecule has 6 heteroatoms. The number of amidine groups is 1. The van der Waals surface area contributed by atoms with Gasteiger partial charge in [-0.15, -0.1) is 0 Å². The molecule has 15 heavy (non-hydrogen) atoms. The molecule has 0 bridgehead atoms. The van der Waals surface area contributed by atoms with Crippen molar-refractivity contribution in [2.45, 2.75) is 0 Å². The molecule has 0 N–H and O–H groups in total. The van der Waals surface area contributed by atoms with Crippen molar-refractivity contribution in [2.24, 2.45) is 15.1 Å². The van der Waals surface area contributed by atoms with E-state index < -0.39 is 0 Å². The molecule has 3 aliphatic rings. The Hall–Kier alpha value is -2.42. The first kappa shape index (κ1) is 7.94. The molecule has 0 unspecified atom stereocenters. The zero-order valence-corrected chi connectivity index (χ0v) is 7.92. The van der Waals surface area contributed by atoms with Crippen LogP contribution in [0.1, 0.15) is 0 Å². The smallest absolute Gasteiger partial charge is 0.235 e. The molecule has 3 heterocycles. The fourth-order valence-electron chi connectivity index (χ4n) is 1.63. The van der Waals surface area contributed by atoms with Crippen LogP contribution in [0, 0.1) is 11.3 Å². The summed E-state index contributed by atoms with van der Waals surface area (Å²) in [5.74, 6) is 2.00. The SMILES string of the molecule is CN1N=C2C(C#N)=CC=C3N=CN=C1N32. The van der Waals surface area contributed by atoms with E-state index in [0.717, 1.165) is 5.82 Å². The highest BCUT2D eigenvalue weighted by Crippen LogP contribution is 2.26. The van der Waals surface area contributed by atoms with Gasteiger partial charge in [0.2, 0.25) is 5.96 Å². The lowest BCUT2D eigenvalue weighted by atomic mass is 10.2. The number of rotatable bonds is 0. The second-order valence-corrected chi connectivity index (χ2v) is 3.17. The molecule has 0 atom stereocenters. The van der Waals surface area contributed by atoms with Crippen LogP contribution in [-0.2, 0) is 0 Å². The maximum Gasteiger partial charge on any atom is 0.235 e. The van der Waals surface area contributed by atoms with E-state index in [9.17, 15) is 0 Å². The zero-order valence-electron chi connectivity index (χ0n) is 7.92. The van der Waals surface area contributed by atoms with Crippen molar-refractivity contribution in [1.82, 2.24) is 9.91 Å². The van der Waals surface area contributed by atoms with Gasteiger partial charge in [-0.25, -0.2) is 19.9 Å². The molecule has 0 fully saturated rings. The van der Waals surface area contributed by atoms with Crippen LogP contribution in [0.3, 0.4) is 0 Å². The summed E-state index contributed by atoms with van der Waals surface area (Å²) in [6.07, 6.45) is 4.98. The van der Waals surface area contributed by atoms with E-state index >= 15 is 0 Å². The molecule has 0 spiro atoms. The van der Waals surface area contributed by atoms with Gasteiger partial charge in [0.05, 0.1) is 5.57 Å². The summed E-state index contributed by atoms with van der Waals surface area (Å²) in [5, 5.41) is 14.8. The van der Waals surface area contributed by atoms with E-state index in [4.69, 9.17) is 5.26 Å². The van der Waals surface area contributed by atoms with E-state index in [1.54, 1.807) is 29.1 Å². The Morgan fingerprint density at radius 2 is 2.27 bits per heavy atom. The van der Waals surface area contributed by atoms with Gasteiger partial charge in [-0.1, -0.05) is 0 Å². The number of hydrogen-bond donors (Lipinski definition) is 0. The van der Waals surface area contributed by atoms with Crippen molar-refractivity contribution in [3.8, 4) is 6.07 Å².